The molecule has 1 amide bonds. The van der Waals surface area contributed by atoms with Crippen molar-refractivity contribution in [2.45, 2.75) is 6.92 Å². The van der Waals surface area contributed by atoms with Crippen LogP contribution in [0.25, 0.3) is 0 Å². The molecular formula is C22H23FN2O5. The molecule has 0 bridgehead atoms. The van der Waals surface area contributed by atoms with Crippen LogP contribution in [0.2, 0.25) is 0 Å². The van der Waals surface area contributed by atoms with E-state index >= 15 is 0 Å². The Kier molecular flexibility index (Phi) is 7.00. The summed E-state index contributed by atoms with van der Waals surface area (Å²) in [5.41, 5.74) is 1.46. The zero-order valence-electron chi connectivity index (χ0n) is 16.7. The molecule has 8 heteroatoms. The number of piperazine rings is 1. The van der Waals surface area contributed by atoms with Crippen LogP contribution in [0.1, 0.15) is 17.3 Å². The molecule has 2 aromatic carbocycles. The predicted molar refractivity (Wildman–Crippen MR) is 108 cm³/mol. The van der Waals surface area contributed by atoms with Crippen LogP contribution < -0.4 is 9.64 Å². The third-order valence-corrected chi connectivity index (χ3v) is 4.80. The summed E-state index contributed by atoms with van der Waals surface area (Å²) in [7, 11) is 0. The lowest BCUT2D eigenvalue weighted by atomic mass is 10.1. The number of ether oxygens (including phenoxy) is 2. The maximum atomic E-state index is 13.0. The zero-order chi connectivity index (χ0) is 21.5. The van der Waals surface area contributed by atoms with Crippen LogP contribution in [-0.2, 0) is 14.3 Å². The number of rotatable bonds is 7. The van der Waals surface area contributed by atoms with Crippen molar-refractivity contribution in [1.29, 1.82) is 0 Å². The molecule has 3 rings (SSSR count). The molecule has 0 atom stereocenters. The Morgan fingerprint density at radius 2 is 1.53 bits per heavy atom. The van der Waals surface area contributed by atoms with E-state index in [0.29, 0.717) is 37.5 Å². The van der Waals surface area contributed by atoms with E-state index in [4.69, 9.17) is 9.47 Å². The van der Waals surface area contributed by atoms with E-state index in [1.54, 1.807) is 41.3 Å². The Hall–Kier alpha value is -3.42. The number of carbonyl (C=O) groups excluding carboxylic acids is 3. The van der Waals surface area contributed by atoms with Gasteiger partial charge in [0.2, 0.25) is 0 Å². The highest BCUT2D eigenvalue weighted by Crippen LogP contribution is 2.17. The summed E-state index contributed by atoms with van der Waals surface area (Å²) in [6.07, 6.45) is 0. The summed E-state index contributed by atoms with van der Waals surface area (Å²) in [5.74, 6) is -0.832. The van der Waals surface area contributed by atoms with Gasteiger partial charge in [0.1, 0.15) is 11.6 Å². The fourth-order valence-electron chi connectivity index (χ4n) is 3.07. The number of benzene rings is 2. The average Bonchev–Trinajstić information content (AvgIpc) is 2.77. The smallest absolute Gasteiger partial charge is 0.344 e. The van der Waals surface area contributed by atoms with Gasteiger partial charge in [0.15, 0.2) is 19.0 Å². The highest BCUT2D eigenvalue weighted by Gasteiger charge is 2.22. The van der Waals surface area contributed by atoms with Gasteiger partial charge in [0.25, 0.3) is 5.91 Å². The van der Waals surface area contributed by atoms with Crippen molar-refractivity contribution in [3.63, 3.8) is 0 Å². The van der Waals surface area contributed by atoms with E-state index < -0.39 is 5.97 Å². The number of hydrogen-bond acceptors (Lipinski definition) is 6. The number of amides is 1. The molecule has 0 radical (unpaired) electrons. The standard InChI is InChI=1S/C22H23FN2O5/c1-16(26)17-2-8-20(9-3-17)29-15-22(28)30-14-21(27)25-12-10-24(11-13-25)19-6-4-18(23)5-7-19/h2-9H,10-15H2,1H3. The van der Waals surface area contributed by atoms with Gasteiger partial charge in [-0.1, -0.05) is 0 Å². The maximum absolute atomic E-state index is 13.0. The van der Waals surface area contributed by atoms with Gasteiger partial charge < -0.3 is 19.3 Å². The monoisotopic (exact) mass is 414 g/mol. The van der Waals surface area contributed by atoms with Gasteiger partial charge in [-0.05, 0) is 55.5 Å². The Morgan fingerprint density at radius 1 is 0.900 bits per heavy atom. The van der Waals surface area contributed by atoms with E-state index in [1.807, 2.05) is 0 Å². The number of hydrogen-bond donors (Lipinski definition) is 0. The van der Waals surface area contributed by atoms with E-state index in [0.717, 1.165) is 5.69 Å². The van der Waals surface area contributed by atoms with Crippen LogP contribution in [0.3, 0.4) is 0 Å². The molecule has 0 spiro atoms. The topological polar surface area (TPSA) is 76.2 Å². The molecule has 0 N–H and O–H groups in total. The Balaban J connectivity index is 1.37. The highest BCUT2D eigenvalue weighted by molar-refractivity contribution is 5.94. The van der Waals surface area contributed by atoms with Crippen LogP contribution in [0.4, 0.5) is 10.1 Å². The quantitative estimate of drug-likeness (QED) is 0.511. The van der Waals surface area contributed by atoms with E-state index in [-0.39, 0.29) is 30.7 Å². The van der Waals surface area contributed by atoms with Crippen molar-refractivity contribution >= 4 is 23.3 Å². The van der Waals surface area contributed by atoms with Crippen molar-refractivity contribution in [3.8, 4) is 5.75 Å². The third kappa shape index (κ3) is 5.79. The third-order valence-electron chi connectivity index (χ3n) is 4.80. The number of halogens is 1. The minimum Gasteiger partial charge on any atom is -0.482 e. The van der Waals surface area contributed by atoms with E-state index in [1.165, 1.54) is 19.1 Å². The molecule has 0 aromatic heterocycles. The second-order valence-corrected chi connectivity index (χ2v) is 6.87. The normalized spacial score (nSPS) is 13.7. The second-order valence-electron chi connectivity index (χ2n) is 6.87. The first kappa shape index (κ1) is 21.3. The minimum absolute atomic E-state index is 0.0574. The van der Waals surface area contributed by atoms with Gasteiger partial charge in [0.05, 0.1) is 0 Å². The molecule has 158 valence electrons. The predicted octanol–water partition coefficient (Wildman–Crippen LogP) is 2.30. The zero-order valence-corrected chi connectivity index (χ0v) is 16.7. The van der Waals surface area contributed by atoms with Gasteiger partial charge in [-0.3, -0.25) is 9.59 Å². The highest BCUT2D eigenvalue weighted by atomic mass is 19.1. The molecule has 1 aliphatic rings. The Labute approximate surface area is 174 Å². The summed E-state index contributed by atoms with van der Waals surface area (Å²) < 4.78 is 23.3. The number of esters is 1. The second kappa shape index (κ2) is 9.87. The van der Waals surface area contributed by atoms with Crippen LogP contribution in [-0.4, -0.2) is 62.0 Å². The fraction of sp³-hybridized carbons (Fsp3) is 0.318. The van der Waals surface area contributed by atoms with Gasteiger partial charge >= 0.3 is 5.97 Å². The van der Waals surface area contributed by atoms with Gasteiger partial charge in [0, 0.05) is 37.4 Å². The number of anilines is 1. The van der Waals surface area contributed by atoms with E-state index in [9.17, 15) is 18.8 Å². The first-order chi connectivity index (χ1) is 14.4. The molecule has 30 heavy (non-hydrogen) atoms. The lowest BCUT2D eigenvalue weighted by molar-refractivity contribution is -0.153. The van der Waals surface area contributed by atoms with Crippen molar-refractivity contribution in [1.82, 2.24) is 4.90 Å². The first-order valence-electron chi connectivity index (χ1n) is 9.60. The molecule has 1 aliphatic heterocycles. The summed E-state index contributed by atoms with van der Waals surface area (Å²) in [6, 6.07) is 12.6. The maximum Gasteiger partial charge on any atom is 0.344 e. The first-order valence-corrected chi connectivity index (χ1v) is 9.60. The van der Waals surface area contributed by atoms with Gasteiger partial charge in [-0.25, -0.2) is 9.18 Å². The van der Waals surface area contributed by atoms with Gasteiger partial charge in [-0.15, -0.1) is 0 Å². The number of nitrogens with zero attached hydrogens (tertiary/aromatic N) is 2. The molecule has 1 saturated heterocycles. The SMILES string of the molecule is CC(=O)c1ccc(OCC(=O)OCC(=O)N2CCN(c3ccc(F)cc3)CC2)cc1. The fourth-order valence-corrected chi connectivity index (χ4v) is 3.07. The lowest BCUT2D eigenvalue weighted by Crippen LogP contribution is -2.50. The molecule has 7 nitrogen and oxygen atoms in total. The molecule has 0 unspecified atom stereocenters. The number of carbonyl (C=O) groups is 3. The largest absolute Gasteiger partial charge is 0.482 e. The number of Topliss-reactive ketones (excluding diaryl/α,β-unsaturated/α-hetero) is 1. The Morgan fingerprint density at radius 3 is 2.13 bits per heavy atom. The summed E-state index contributed by atoms with van der Waals surface area (Å²) in [6.45, 7) is 3.01. The molecular weight excluding hydrogens is 391 g/mol. The van der Waals surface area contributed by atoms with E-state index in [2.05, 4.69) is 4.90 Å². The number of ketones is 1. The average molecular weight is 414 g/mol. The molecule has 1 heterocycles. The van der Waals surface area contributed by atoms with Crippen molar-refractivity contribution in [3.05, 3.63) is 59.9 Å². The van der Waals surface area contributed by atoms with Crippen molar-refractivity contribution in [2.75, 3.05) is 44.3 Å². The summed E-state index contributed by atoms with van der Waals surface area (Å²) in [5, 5.41) is 0. The Bertz CT molecular complexity index is 891. The van der Waals surface area contributed by atoms with Crippen molar-refractivity contribution in [2.24, 2.45) is 0 Å². The van der Waals surface area contributed by atoms with Gasteiger partial charge in [-0.2, -0.15) is 0 Å². The molecule has 0 aliphatic carbocycles. The van der Waals surface area contributed by atoms with Crippen LogP contribution in [0, 0.1) is 5.82 Å². The van der Waals surface area contributed by atoms with Crippen LogP contribution in [0.5, 0.6) is 5.75 Å². The summed E-state index contributed by atoms with van der Waals surface area (Å²) in [4.78, 5) is 39.0. The van der Waals surface area contributed by atoms with Crippen molar-refractivity contribution < 1.29 is 28.2 Å². The van der Waals surface area contributed by atoms with Crippen LogP contribution >= 0.6 is 0 Å². The lowest BCUT2D eigenvalue weighted by Gasteiger charge is -2.36. The van der Waals surface area contributed by atoms with Crippen LogP contribution in [0.15, 0.2) is 48.5 Å². The molecule has 0 saturated carbocycles. The minimum atomic E-state index is -0.649. The summed E-state index contributed by atoms with van der Waals surface area (Å²) >= 11 is 0. The molecule has 1 fully saturated rings. The molecule has 2 aromatic rings.